The molecule has 0 fully saturated rings. The second-order valence-corrected chi connectivity index (χ2v) is 6.74. The Kier molecular flexibility index (Phi) is 5.15. The van der Waals surface area contributed by atoms with Crippen molar-refractivity contribution in [3.63, 3.8) is 0 Å². The van der Waals surface area contributed by atoms with Crippen LogP contribution in [0, 0.1) is 0 Å². The lowest BCUT2D eigenvalue weighted by atomic mass is 10.0. The molecule has 5 nitrogen and oxygen atoms in total. The van der Waals surface area contributed by atoms with Gasteiger partial charge in [0, 0.05) is 17.4 Å². The third kappa shape index (κ3) is 4.09. The highest BCUT2D eigenvalue weighted by molar-refractivity contribution is 5.96. The number of hydrogen-bond acceptors (Lipinski definition) is 4. The van der Waals surface area contributed by atoms with E-state index in [0.29, 0.717) is 17.2 Å². The minimum Gasteiger partial charge on any atom is -0.454 e. The van der Waals surface area contributed by atoms with Crippen LogP contribution >= 0.6 is 0 Å². The summed E-state index contributed by atoms with van der Waals surface area (Å²) in [6.45, 7) is 2.06. The van der Waals surface area contributed by atoms with E-state index < -0.39 is 6.04 Å². The number of benzene rings is 3. The Morgan fingerprint density at radius 2 is 1.71 bits per heavy atom. The summed E-state index contributed by atoms with van der Waals surface area (Å²) in [4.78, 5) is 12.6. The lowest BCUT2D eigenvalue weighted by Crippen LogP contribution is -2.32. The molecule has 1 aliphatic rings. The Hall–Kier alpha value is -3.47. The first-order valence-electron chi connectivity index (χ1n) is 9.28. The zero-order valence-electron chi connectivity index (χ0n) is 15.6. The topological polar surface area (TPSA) is 59.6 Å². The van der Waals surface area contributed by atoms with Crippen molar-refractivity contribution in [1.82, 2.24) is 0 Å². The summed E-state index contributed by atoms with van der Waals surface area (Å²) < 4.78 is 10.7. The second kappa shape index (κ2) is 8.05. The number of anilines is 2. The smallest absolute Gasteiger partial charge is 0.246 e. The maximum absolute atomic E-state index is 12.6. The van der Waals surface area contributed by atoms with E-state index in [1.54, 1.807) is 12.1 Å². The first-order valence-corrected chi connectivity index (χ1v) is 9.28. The summed E-state index contributed by atoms with van der Waals surface area (Å²) in [5.74, 6) is 1.22. The molecular weight excluding hydrogens is 352 g/mol. The normalized spacial score (nSPS) is 13.0. The molecule has 0 saturated heterocycles. The Morgan fingerprint density at radius 1 is 0.964 bits per heavy atom. The number of fused-ring (bicyclic) bond motifs is 1. The van der Waals surface area contributed by atoms with E-state index >= 15 is 0 Å². The summed E-state index contributed by atoms with van der Waals surface area (Å²) in [5, 5.41) is 6.26. The summed E-state index contributed by atoms with van der Waals surface area (Å²) in [6.07, 6.45) is 0.806. The summed E-state index contributed by atoms with van der Waals surface area (Å²) >= 11 is 0. The fourth-order valence-corrected chi connectivity index (χ4v) is 3.15. The van der Waals surface area contributed by atoms with Crippen LogP contribution in [0.25, 0.3) is 0 Å². The van der Waals surface area contributed by atoms with Gasteiger partial charge in [-0.2, -0.15) is 0 Å². The molecule has 142 valence electrons. The molecule has 1 atom stereocenters. The van der Waals surface area contributed by atoms with Gasteiger partial charge in [-0.3, -0.25) is 4.79 Å². The highest BCUT2D eigenvalue weighted by Crippen LogP contribution is 2.34. The molecule has 0 aliphatic carbocycles. The number of amides is 1. The van der Waals surface area contributed by atoms with Crippen LogP contribution in [-0.2, 0) is 11.2 Å². The molecule has 1 aliphatic heterocycles. The van der Waals surface area contributed by atoms with Gasteiger partial charge >= 0.3 is 0 Å². The number of ether oxygens (including phenoxy) is 2. The van der Waals surface area contributed by atoms with E-state index in [4.69, 9.17) is 9.47 Å². The van der Waals surface area contributed by atoms with Gasteiger partial charge in [0.15, 0.2) is 11.5 Å². The fourth-order valence-electron chi connectivity index (χ4n) is 3.15. The van der Waals surface area contributed by atoms with Crippen molar-refractivity contribution in [1.29, 1.82) is 0 Å². The summed E-state index contributed by atoms with van der Waals surface area (Å²) in [5.41, 5.74) is 4.02. The quantitative estimate of drug-likeness (QED) is 0.669. The van der Waals surface area contributed by atoms with Crippen molar-refractivity contribution >= 4 is 17.3 Å². The van der Waals surface area contributed by atoms with E-state index in [0.717, 1.165) is 17.7 Å². The average molecular weight is 374 g/mol. The Balaban J connectivity index is 1.43. The van der Waals surface area contributed by atoms with Crippen LogP contribution in [0.15, 0.2) is 72.8 Å². The Morgan fingerprint density at radius 3 is 2.57 bits per heavy atom. The number of carbonyl (C=O) groups excluding carboxylic acids is 1. The van der Waals surface area contributed by atoms with Crippen LogP contribution in [0.5, 0.6) is 11.5 Å². The molecule has 0 aromatic heterocycles. The summed E-state index contributed by atoms with van der Waals surface area (Å²) in [7, 11) is 0. The fraction of sp³-hybridized carbons (Fsp3) is 0.174. The van der Waals surface area contributed by atoms with Gasteiger partial charge in [0.2, 0.25) is 12.7 Å². The van der Waals surface area contributed by atoms with Gasteiger partial charge in [0.25, 0.3) is 0 Å². The molecule has 28 heavy (non-hydrogen) atoms. The van der Waals surface area contributed by atoms with Crippen LogP contribution < -0.4 is 20.1 Å². The van der Waals surface area contributed by atoms with Crippen LogP contribution in [0.1, 0.15) is 18.1 Å². The molecule has 0 spiro atoms. The van der Waals surface area contributed by atoms with Crippen molar-refractivity contribution in [3.8, 4) is 11.5 Å². The SMILES string of the molecule is CC(Nc1ccccc1Cc1ccccc1)C(=O)Nc1ccc2c(c1)OCO2. The van der Waals surface area contributed by atoms with Crippen molar-refractivity contribution in [2.45, 2.75) is 19.4 Å². The third-order valence-corrected chi connectivity index (χ3v) is 4.66. The van der Waals surface area contributed by atoms with E-state index in [9.17, 15) is 4.79 Å². The first kappa shape index (κ1) is 17.9. The Bertz CT molecular complexity index is 973. The van der Waals surface area contributed by atoms with Gasteiger partial charge in [-0.15, -0.1) is 0 Å². The zero-order valence-corrected chi connectivity index (χ0v) is 15.6. The molecule has 0 bridgehead atoms. The lowest BCUT2D eigenvalue weighted by molar-refractivity contribution is -0.116. The summed E-state index contributed by atoms with van der Waals surface area (Å²) in [6, 6.07) is 23.3. The van der Waals surface area contributed by atoms with Gasteiger partial charge in [-0.25, -0.2) is 0 Å². The van der Waals surface area contributed by atoms with Gasteiger partial charge < -0.3 is 20.1 Å². The minimum atomic E-state index is -0.401. The standard InChI is InChI=1S/C23H22N2O3/c1-16(23(26)25-19-11-12-21-22(14-19)28-15-27-21)24-20-10-6-5-9-18(20)13-17-7-3-2-4-8-17/h2-12,14,16,24H,13,15H2,1H3,(H,25,26). The van der Waals surface area contributed by atoms with Crippen LogP contribution in [0.3, 0.4) is 0 Å². The number of para-hydroxylation sites is 1. The molecule has 3 aromatic rings. The lowest BCUT2D eigenvalue weighted by Gasteiger charge is -2.18. The van der Waals surface area contributed by atoms with Crippen LogP contribution in [-0.4, -0.2) is 18.7 Å². The number of hydrogen-bond donors (Lipinski definition) is 2. The molecule has 1 unspecified atom stereocenters. The number of nitrogens with one attached hydrogen (secondary N) is 2. The van der Waals surface area contributed by atoms with E-state index in [-0.39, 0.29) is 12.7 Å². The molecular formula is C23H22N2O3. The molecule has 3 aromatic carbocycles. The molecule has 0 radical (unpaired) electrons. The average Bonchev–Trinajstić information content (AvgIpc) is 3.18. The maximum atomic E-state index is 12.6. The van der Waals surface area contributed by atoms with Gasteiger partial charge in [0.05, 0.1) is 0 Å². The van der Waals surface area contributed by atoms with Gasteiger partial charge in [0.1, 0.15) is 6.04 Å². The predicted molar refractivity (Wildman–Crippen MR) is 110 cm³/mol. The van der Waals surface area contributed by atoms with Crippen molar-refractivity contribution < 1.29 is 14.3 Å². The van der Waals surface area contributed by atoms with Gasteiger partial charge in [-0.1, -0.05) is 48.5 Å². The second-order valence-electron chi connectivity index (χ2n) is 6.74. The minimum absolute atomic E-state index is 0.117. The molecule has 2 N–H and O–H groups in total. The highest BCUT2D eigenvalue weighted by atomic mass is 16.7. The molecule has 0 saturated carbocycles. The monoisotopic (exact) mass is 374 g/mol. The van der Waals surface area contributed by atoms with E-state index in [2.05, 4.69) is 28.8 Å². The predicted octanol–water partition coefficient (Wildman–Crippen LogP) is 4.45. The van der Waals surface area contributed by atoms with Gasteiger partial charge in [-0.05, 0) is 42.7 Å². The largest absolute Gasteiger partial charge is 0.454 e. The van der Waals surface area contributed by atoms with Crippen LogP contribution in [0.2, 0.25) is 0 Å². The molecule has 1 heterocycles. The number of rotatable bonds is 6. The van der Waals surface area contributed by atoms with Crippen molar-refractivity contribution in [3.05, 3.63) is 83.9 Å². The van der Waals surface area contributed by atoms with E-state index in [1.807, 2.05) is 49.4 Å². The maximum Gasteiger partial charge on any atom is 0.246 e. The van der Waals surface area contributed by atoms with Crippen molar-refractivity contribution in [2.24, 2.45) is 0 Å². The number of carbonyl (C=O) groups is 1. The van der Waals surface area contributed by atoms with E-state index in [1.165, 1.54) is 5.56 Å². The van der Waals surface area contributed by atoms with Crippen molar-refractivity contribution in [2.75, 3.05) is 17.4 Å². The highest BCUT2D eigenvalue weighted by Gasteiger charge is 2.17. The first-order chi connectivity index (χ1) is 13.7. The molecule has 4 rings (SSSR count). The Labute approximate surface area is 164 Å². The molecule has 1 amide bonds. The molecule has 5 heteroatoms. The zero-order chi connectivity index (χ0) is 19.3. The third-order valence-electron chi connectivity index (χ3n) is 4.66. The van der Waals surface area contributed by atoms with Crippen LogP contribution in [0.4, 0.5) is 11.4 Å².